The Morgan fingerprint density at radius 2 is 2.13 bits per heavy atom. The van der Waals surface area contributed by atoms with Gasteiger partial charge in [0.2, 0.25) is 0 Å². The number of hydrogen-bond acceptors (Lipinski definition) is 2. The molecule has 80 valence electrons. The summed E-state index contributed by atoms with van der Waals surface area (Å²) in [5.41, 5.74) is 1.11. The Morgan fingerprint density at radius 1 is 1.40 bits per heavy atom. The molecular weight excluding hydrogens is 188 g/mol. The molecule has 1 aromatic rings. The van der Waals surface area contributed by atoms with Crippen LogP contribution in [0.1, 0.15) is 24.8 Å². The van der Waals surface area contributed by atoms with Crippen molar-refractivity contribution in [2.45, 2.75) is 19.3 Å². The molecule has 0 aromatic heterocycles. The van der Waals surface area contributed by atoms with Gasteiger partial charge in [0.25, 0.3) is 0 Å². The van der Waals surface area contributed by atoms with Gasteiger partial charge in [-0.3, -0.25) is 4.79 Å². The molecule has 2 atom stereocenters. The number of hydrogen-bond donors (Lipinski definition) is 0. The van der Waals surface area contributed by atoms with E-state index in [1.165, 1.54) is 0 Å². The lowest BCUT2D eigenvalue weighted by atomic mass is 9.88. The van der Waals surface area contributed by atoms with Gasteiger partial charge < -0.3 is 4.74 Å². The normalized spacial score (nSPS) is 22.6. The summed E-state index contributed by atoms with van der Waals surface area (Å²) in [6.45, 7) is 3.32. The quantitative estimate of drug-likeness (QED) is 0.755. The zero-order valence-electron chi connectivity index (χ0n) is 8.98. The van der Waals surface area contributed by atoms with E-state index in [2.05, 4.69) is 0 Å². The zero-order valence-corrected chi connectivity index (χ0v) is 8.98. The number of ether oxygens (including phenoxy) is 1. The molecule has 1 aromatic carbocycles. The maximum absolute atomic E-state index is 12.1. The van der Waals surface area contributed by atoms with E-state index in [1.807, 2.05) is 37.3 Å². The fraction of sp³-hybridized carbons (Fsp3) is 0.462. The van der Waals surface area contributed by atoms with E-state index in [0.717, 1.165) is 18.6 Å². The van der Waals surface area contributed by atoms with Crippen molar-refractivity contribution in [1.82, 2.24) is 0 Å². The first-order valence-electron chi connectivity index (χ1n) is 5.45. The Kier molecular flexibility index (Phi) is 3.17. The van der Waals surface area contributed by atoms with Crippen molar-refractivity contribution in [2.75, 3.05) is 13.2 Å². The molecular formula is C13H16O2. The Balaban J connectivity index is 2.07. The molecule has 0 aliphatic carbocycles. The first kappa shape index (κ1) is 10.4. The molecule has 0 radical (unpaired) electrons. The Morgan fingerprint density at radius 3 is 2.73 bits per heavy atom. The largest absolute Gasteiger partial charge is 0.381 e. The SMILES string of the molecule is CC(C(=O)C1CCOC1)c1ccccc1. The minimum Gasteiger partial charge on any atom is -0.381 e. The lowest BCUT2D eigenvalue weighted by Crippen LogP contribution is -2.20. The smallest absolute Gasteiger partial charge is 0.145 e. The molecule has 1 aliphatic heterocycles. The van der Waals surface area contributed by atoms with Crippen molar-refractivity contribution in [3.63, 3.8) is 0 Å². The van der Waals surface area contributed by atoms with E-state index < -0.39 is 0 Å². The van der Waals surface area contributed by atoms with Gasteiger partial charge in [-0.25, -0.2) is 0 Å². The Bertz CT molecular complexity index is 326. The number of ketones is 1. The molecule has 2 unspecified atom stereocenters. The van der Waals surface area contributed by atoms with E-state index in [9.17, 15) is 4.79 Å². The molecule has 0 bridgehead atoms. The van der Waals surface area contributed by atoms with Crippen LogP contribution < -0.4 is 0 Å². The van der Waals surface area contributed by atoms with Crippen molar-refractivity contribution in [3.8, 4) is 0 Å². The third-order valence-corrected chi connectivity index (χ3v) is 3.06. The molecule has 15 heavy (non-hydrogen) atoms. The van der Waals surface area contributed by atoms with Crippen LogP contribution in [0.2, 0.25) is 0 Å². The fourth-order valence-electron chi connectivity index (χ4n) is 2.02. The van der Waals surface area contributed by atoms with Gasteiger partial charge in [-0.1, -0.05) is 37.3 Å². The molecule has 0 spiro atoms. The molecule has 1 aliphatic rings. The van der Waals surface area contributed by atoms with Gasteiger partial charge in [0, 0.05) is 18.4 Å². The number of Topliss-reactive ketones (excluding diaryl/α,β-unsaturated/α-hetero) is 1. The van der Waals surface area contributed by atoms with Gasteiger partial charge in [-0.2, -0.15) is 0 Å². The van der Waals surface area contributed by atoms with Crippen LogP contribution in [0, 0.1) is 5.92 Å². The maximum atomic E-state index is 12.1. The van der Waals surface area contributed by atoms with Crippen molar-refractivity contribution in [2.24, 2.45) is 5.92 Å². The van der Waals surface area contributed by atoms with Crippen LogP contribution in [0.15, 0.2) is 30.3 Å². The van der Waals surface area contributed by atoms with Crippen LogP contribution >= 0.6 is 0 Å². The van der Waals surface area contributed by atoms with E-state index in [1.54, 1.807) is 0 Å². The lowest BCUT2D eigenvalue weighted by molar-refractivity contribution is -0.123. The first-order valence-corrected chi connectivity index (χ1v) is 5.45. The van der Waals surface area contributed by atoms with E-state index in [4.69, 9.17) is 4.74 Å². The second kappa shape index (κ2) is 4.58. The lowest BCUT2D eigenvalue weighted by Gasteiger charge is -2.14. The fourth-order valence-corrected chi connectivity index (χ4v) is 2.02. The molecule has 0 N–H and O–H groups in total. The van der Waals surface area contributed by atoms with E-state index in [-0.39, 0.29) is 11.8 Å². The van der Waals surface area contributed by atoms with Gasteiger partial charge in [0.1, 0.15) is 5.78 Å². The Labute approximate surface area is 90.3 Å². The average Bonchev–Trinajstić information content (AvgIpc) is 2.82. The maximum Gasteiger partial charge on any atom is 0.145 e. The molecule has 2 rings (SSSR count). The minimum atomic E-state index is -0.00194. The van der Waals surface area contributed by atoms with Crippen molar-refractivity contribution >= 4 is 5.78 Å². The van der Waals surface area contributed by atoms with Crippen LogP contribution in [-0.4, -0.2) is 19.0 Å². The van der Waals surface area contributed by atoms with E-state index >= 15 is 0 Å². The highest BCUT2D eigenvalue weighted by Crippen LogP contribution is 2.24. The third-order valence-electron chi connectivity index (χ3n) is 3.06. The first-order chi connectivity index (χ1) is 7.29. The second-order valence-corrected chi connectivity index (χ2v) is 4.10. The molecule has 0 saturated carbocycles. The number of rotatable bonds is 3. The molecule has 0 amide bonds. The summed E-state index contributed by atoms with van der Waals surface area (Å²) in [5, 5.41) is 0. The number of benzene rings is 1. The summed E-state index contributed by atoms with van der Waals surface area (Å²) in [6.07, 6.45) is 0.885. The van der Waals surface area contributed by atoms with Crippen molar-refractivity contribution in [1.29, 1.82) is 0 Å². The van der Waals surface area contributed by atoms with Crippen LogP contribution in [0.3, 0.4) is 0 Å². The highest BCUT2D eigenvalue weighted by molar-refractivity contribution is 5.87. The monoisotopic (exact) mass is 204 g/mol. The van der Waals surface area contributed by atoms with Gasteiger partial charge in [0.15, 0.2) is 0 Å². The Hall–Kier alpha value is -1.15. The third kappa shape index (κ3) is 2.26. The zero-order chi connectivity index (χ0) is 10.7. The summed E-state index contributed by atoms with van der Waals surface area (Å²) in [4.78, 5) is 12.1. The van der Waals surface area contributed by atoms with Crippen molar-refractivity contribution < 1.29 is 9.53 Å². The molecule has 2 nitrogen and oxygen atoms in total. The molecule has 1 saturated heterocycles. The van der Waals surface area contributed by atoms with Crippen LogP contribution in [-0.2, 0) is 9.53 Å². The average molecular weight is 204 g/mol. The van der Waals surface area contributed by atoms with E-state index in [0.29, 0.717) is 12.4 Å². The van der Waals surface area contributed by atoms with Gasteiger partial charge in [-0.15, -0.1) is 0 Å². The standard InChI is InChI=1S/C13H16O2/c1-10(11-5-3-2-4-6-11)13(14)12-7-8-15-9-12/h2-6,10,12H,7-9H2,1H3. The van der Waals surface area contributed by atoms with Crippen LogP contribution in [0.4, 0.5) is 0 Å². The van der Waals surface area contributed by atoms with Gasteiger partial charge in [0.05, 0.1) is 6.61 Å². The number of carbonyl (C=O) groups is 1. The highest BCUT2D eigenvalue weighted by Gasteiger charge is 2.27. The molecule has 1 fully saturated rings. The predicted molar refractivity (Wildman–Crippen MR) is 58.8 cm³/mol. The highest BCUT2D eigenvalue weighted by atomic mass is 16.5. The summed E-state index contributed by atoms with van der Waals surface area (Å²) in [7, 11) is 0. The summed E-state index contributed by atoms with van der Waals surface area (Å²) >= 11 is 0. The van der Waals surface area contributed by atoms with Crippen molar-refractivity contribution in [3.05, 3.63) is 35.9 Å². The predicted octanol–water partition coefficient (Wildman–Crippen LogP) is 2.40. The summed E-state index contributed by atoms with van der Waals surface area (Å²) in [6, 6.07) is 9.95. The molecule has 2 heteroatoms. The van der Waals surface area contributed by atoms with Gasteiger partial charge >= 0.3 is 0 Å². The summed E-state index contributed by atoms with van der Waals surface area (Å²) < 4.78 is 5.24. The second-order valence-electron chi connectivity index (χ2n) is 4.10. The van der Waals surface area contributed by atoms with Crippen LogP contribution in [0.25, 0.3) is 0 Å². The minimum absolute atomic E-state index is 0.00194. The molecule has 1 heterocycles. The topological polar surface area (TPSA) is 26.3 Å². The van der Waals surface area contributed by atoms with Crippen LogP contribution in [0.5, 0.6) is 0 Å². The summed E-state index contributed by atoms with van der Waals surface area (Å²) in [5.74, 6) is 0.428. The van der Waals surface area contributed by atoms with Gasteiger partial charge in [-0.05, 0) is 12.0 Å². The number of carbonyl (C=O) groups excluding carboxylic acids is 1.